The topological polar surface area (TPSA) is 35.9 Å². The van der Waals surface area contributed by atoms with Crippen molar-refractivity contribution >= 4 is 0 Å². The fourth-order valence-corrected chi connectivity index (χ4v) is 5.55. The fourth-order valence-electron chi connectivity index (χ4n) is 5.55. The maximum absolute atomic E-state index is 10.7. The van der Waals surface area contributed by atoms with Gasteiger partial charge in [0.2, 0.25) is 0 Å². The molecule has 0 amide bonds. The van der Waals surface area contributed by atoms with Crippen molar-refractivity contribution in [3.8, 4) is 0 Å². The predicted molar refractivity (Wildman–Crippen MR) is 137 cm³/mol. The van der Waals surface area contributed by atoms with E-state index in [0.717, 1.165) is 45.4 Å². The highest BCUT2D eigenvalue weighted by Crippen LogP contribution is 2.32. The van der Waals surface area contributed by atoms with Gasteiger partial charge < -0.3 is 9.84 Å². The lowest BCUT2D eigenvalue weighted by Gasteiger charge is -2.40. The summed E-state index contributed by atoms with van der Waals surface area (Å²) in [7, 11) is 0. The molecule has 1 N–H and O–H groups in total. The average Bonchev–Trinajstić information content (AvgIpc) is 2.90. The molecule has 4 heteroatoms. The van der Waals surface area contributed by atoms with Crippen LogP contribution in [0.3, 0.4) is 0 Å². The van der Waals surface area contributed by atoms with Gasteiger partial charge in [0.25, 0.3) is 0 Å². The van der Waals surface area contributed by atoms with Gasteiger partial charge in [0.1, 0.15) is 0 Å². The summed E-state index contributed by atoms with van der Waals surface area (Å²) in [5.74, 6) is 0. The second-order valence-corrected chi connectivity index (χ2v) is 9.63. The summed E-state index contributed by atoms with van der Waals surface area (Å²) >= 11 is 0. The third-order valence-electron chi connectivity index (χ3n) is 7.28. The van der Waals surface area contributed by atoms with Crippen LogP contribution >= 0.6 is 0 Å². The molecular formula is C30H36N2O2. The molecule has 5 rings (SSSR count). The van der Waals surface area contributed by atoms with Gasteiger partial charge in [-0.3, -0.25) is 9.80 Å². The summed E-state index contributed by atoms with van der Waals surface area (Å²) in [6.45, 7) is 4.95. The zero-order chi connectivity index (χ0) is 23.2. The molecule has 1 fully saturated rings. The number of hydrogen-bond donors (Lipinski definition) is 1. The molecule has 1 saturated heterocycles. The molecule has 3 aromatic carbocycles. The van der Waals surface area contributed by atoms with Crippen LogP contribution in [0.1, 0.15) is 47.2 Å². The third kappa shape index (κ3) is 5.59. The first-order chi connectivity index (χ1) is 16.8. The van der Waals surface area contributed by atoms with E-state index in [2.05, 4.69) is 94.7 Å². The second kappa shape index (κ2) is 11.3. The Balaban J connectivity index is 1.14. The van der Waals surface area contributed by atoms with Crippen LogP contribution in [0, 0.1) is 0 Å². The highest BCUT2D eigenvalue weighted by Gasteiger charge is 2.27. The Kier molecular flexibility index (Phi) is 7.72. The standard InChI is InChI=1S/C30H36N2O2/c33-27(23-34-29-17-9-15-24-10-7-8-16-28(24)29)22-31-18-20-32(21-19-31)30(25-11-3-1-4-12-25)26-13-5-2-6-14-26/h1-8,10-14,16,27,29-30,33H,9,15,17-23H2/t27-,29-/m0/s1. The lowest BCUT2D eigenvalue weighted by Crippen LogP contribution is -2.50. The number of hydrogen-bond acceptors (Lipinski definition) is 4. The van der Waals surface area contributed by atoms with Crippen LogP contribution in [0.5, 0.6) is 0 Å². The molecule has 0 unspecified atom stereocenters. The lowest BCUT2D eigenvalue weighted by molar-refractivity contribution is -0.0331. The minimum absolute atomic E-state index is 0.119. The van der Waals surface area contributed by atoms with Crippen molar-refractivity contribution < 1.29 is 9.84 Å². The van der Waals surface area contributed by atoms with Gasteiger partial charge in [-0.1, -0.05) is 84.9 Å². The first kappa shape index (κ1) is 23.3. The van der Waals surface area contributed by atoms with Crippen LogP contribution in [0.25, 0.3) is 0 Å². The molecule has 1 aliphatic carbocycles. The number of benzene rings is 3. The monoisotopic (exact) mass is 456 g/mol. The maximum Gasteiger partial charge on any atom is 0.0900 e. The Morgan fingerprint density at radius 2 is 1.41 bits per heavy atom. The van der Waals surface area contributed by atoms with Crippen molar-refractivity contribution in [2.75, 3.05) is 39.3 Å². The number of aryl methyl sites for hydroxylation is 1. The highest BCUT2D eigenvalue weighted by atomic mass is 16.5. The molecule has 2 atom stereocenters. The Labute approximate surface area is 203 Å². The van der Waals surface area contributed by atoms with Gasteiger partial charge in [0.15, 0.2) is 0 Å². The van der Waals surface area contributed by atoms with Crippen molar-refractivity contribution in [2.24, 2.45) is 0 Å². The minimum Gasteiger partial charge on any atom is -0.389 e. The molecule has 4 nitrogen and oxygen atoms in total. The highest BCUT2D eigenvalue weighted by molar-refractivity contribution is 5.32. The van der Waals surface area contributed by atoms with Gasteiger partial charge >= 0.3 is 0 Å². The van der Waals surface area contributed by atoms with Gasteiger partial charge in [0.05, 0.1) is 24.9 Å². The summed E-state index contributed by atoms with van der Waals surface area (Å²) in [6, 6.07) is 30.5. The van der Waals surface area contributed by atoms with Crippen LogP contribution in [0.15, 0.2) is 84.9 Å². The Morgan fingerprint density at radius 1 is 0.794 bits per heavy atom. The van der Waals surface area contributed by atoms with Crippen molar-refractivity contribution in [3.05, 3.63) is 107 Å². The minimum atomic E-state index is -0.459. The normalized spacial score (nSPS) is 20.2. The lowest BCUT2D eigenvalue weighted by atomic mass is 9.89. The van der Waals surface area contributed by atoms with E-state index < -0.39 is 6.10 Å². The summed E-state index contributed by atoms with van der Waals surface area (Å²) in [4.78, 5) is 4.95. The van der Waals surface area contributed by atoms with Crippen LogP contribution in [0.2, 0.25) is 0 Å². The van der Waals surface area contributed by atoms with E-state index in [4.69, 9.17) is 4.74 Å². The molecule has 1 heterocycles. The molecule has 0 aromatic heterocycles. The molecule has 3 aromatic rings. The molecular weight excluding hydrogens is 420 g/mol. The van der Waals surface area contributed by atoms with E-state index in [1.54, 1.807) is 0 Å². The Hall–Kier alpha value is -2.50. The van der Waals surface area contributed by atoms with E-state index in [0.29, 0.717) is 13.2 Å². The van der Waals surface area contributed by atoms with Gasteiger partial charge in [-0.25, -0.2) is 0 Å². The van der Waals surface area contributed by atoms with E-state index in [-0.39, 0.29) is 12.1 Å². The number of aliphatic hydroxyl groups is 1. The molecule has 0 spiro atoms. The third-order valence-corrected chi connectivity index (χ3v) is 7.28. The predicted octanol–water partition coefficient (Wildman–Crippen LogP) is 4.85. The second-order valence-electron chi connectivity index (χ2n) is 9.63. The van der Waals surface area contributed by atoms with E-state index in [1.807, 2.05) is 0 Å². The van der Waals surface area contributed by atoms with Crippen LogP contribution < -0.4 is 0 Å². The smallest absolute Gasteiger partial charge is 0.0900 e. The quantitative estimate of drug-likeness (QED) is 0.526. The van der Waals surface area contributed by atoms with E-state index in [1.165, 1.54) is 22.3 Å². The number of nitrogens with zero attached hydrogens (tertiary/aromatic N) is 2. The number of rotatable bonds is 8. The van der Waals surface area contributed by atoms with Crippen LogP contribution in [0.4, 0.5) is 0 Å². The van der Waals surface area contributed by atoms with Gasteiger partial charge in [-0.2, -0.15) is 0 Å². The number of ether oxygens (including phenoxy) is 1. The number of aliphatic hydroxyl groups excluding tert-OH is 1. The number of β-amino-alcohol motifs (C(OH)–C–C–N with tert-alkyl or cyclic N) is 1. The summed E-state index contributed by atoms with van der Waals surface area (Å²) < 4.78 is 6.20. The first-order valence-corrected chi connectivity index (χ1v) is 12.7. The molecule has 0 bridgehead atoms. The summed E-state index contributed by atoms with van der Waals surface area (Å²) in [6.07, 6.45) is 3.00. The molecule has 1 aliphatic heterocycles. The maximum atomic E-state index is 10.7. The largest absolute Gasteiger partial charge is 0.389 e. The zero-order valence-electron chi connectivity index (χ0n) is 19.9. The average molecular weight is 457 g/mol. The first-order valence-electron chi connectivity index (χ1n) is 12.7. The molecule has 0 saturated carbocycles. The Bertz CT molecular complexity index is 979. The van der Waals surface area contributed by atoms with Crippen molar-refractivity contribution in [3.63, 3.8) is 0 Å². The van der Waals surface area contributed by atoms with Gasteiger partial charge in [0, 0.05) is 32.7 Å². The van der Waals surface area contributed by atoms with E-state index >= 15 is 0 Å². The van der Waals surface area contributed by atoms with Crippen LogP contribution in [-0.2, 0) is 11.2 Å². The molecule has 0 radical (unpaired) electrons. The fraction of sp³-hybridized carbons (Fsp3) is 0.400. The van der Waals surface area contributed by atoms with Gasteiger partial charge in [-0.05, 0) is 41.5 Å². The zero-order valence-corrected chi connectivity index (χ0v) is 19.9. The van der Waals surface area contributed by atoms with E-state index in [9.17, 15) is 5.11 Å². The van der Waals surface area contributed by atoms with Crippen molar-refractivity contribution in [1.82, 2.24) is 9.80 Å². The number of fused-ring (bicyclic) bond motifs is 1. The summed E-state index contributed by atoms with van der Waals surface area (Å²) in [5, 5.41) is 10.7. The molecule has 2 aliphatic rings. The van der Waals surface area contributed by atoms with Crippen molar-refractivity contribution in [1.29, 1.82) is 0 Å². The SMILES string of the molecule is O[C@H](CO[C@H]1CCCc2ccccc21)CN1CCN(C(c2ccccc2)c2ccccc2)CC1. The van der Waals surface area contributed by atoms with Gasteiger partial charge in [-0.15, -0.1) is 0 Å². The molecule has 34 heavy (non-hydrogen) atoms. The summed E-state index contributed by atoms with van der Waals surface area (Å²) in [5.41, 5.74) is 5.38. The number of piperazine rings is 1. The van der Waals surface area contributed by atoms with Crippen molar-refractivity contribution in [2.45, 2.75) is 37.5 Å². The molecule has 178 valence electrons. The van der Waals surface area contributed by atoms with Crippen LogP contribution in [-0.4, -0.2) is 60.3 Å². The Morgan fingerprint density at radius 3 is 2.09 bits per heavy atom.